The van der Waals surface area contributed by atoms with Gasteiger partial charge in [-0.3, -0.25) is 0 Å². The third-order valence-electron chi connectivity index (χ3n) is 8.94. The first-order chi connectivity index (χ1) is 21.1. The maximum Gasteiger partial charge on any atom is 0.159 e. The predicted molar refractivity (Wildman–Crippen MR) is 179 cm³/mol. The molecule has 6 aromatic rings. The molecule has 6 aromatic carbocycles. The molecule has 0 aromatic heterocycles. The molecule has 8 rings (SSSR count). The number of hydrogen-bond acceptors (Lipinski definition) is 3. The van der Waals surface area contributed by atoms with Crippen LogP contribution in [0, 0.1) is 0 Å². The lowest BCUT2D eigenvalue weighted by molar-refractivity contribution is 0.661. The molecule has 3 heteroatoms. The quantitative estimate of drug-likeness (QED) is 0.232. The first kappa shape index (κ1) is 25.4. The molecule has 0 spiro atoms. The maximum atomic E-state index is 5.25. The lowest BCUT2D eigenvalue weighted by Gasteiger charge is -2.27. The Balaban J connectivity index is 1.38. The van der Waals surface area contributed by atoms with Gasteiger partial charge in [0.1, 0.15) is 12.0 Å². The van der Waals surface area contributed by atoms with Gasteiger partial charge in [0.25, 0.3) is 0 Å². The van der Waals surface area contributed by atoms with Crippen molar-refractivity contribution in [2.45, 2.75) is 25.4 Å². The van der Waals surface area contributed by atoms with Crippen LogP contribution in [0.2, 0.25) is 0 Å². The Morgan fingerprint density at radius 1 is 0.581 bits per heavy atom. The van der Waals surface area contributed by atoms with Crippen LogP contribution < -0.4 is 5.32 Å². The fraction of sp³-hybridized carbons (Fsp3) is 0.100. The number of nitrogens with one attached hydrogen (secondary N) is 1. The fourth-order valence-corrected chi connectivity index (χ4v) is 6.82. The van der Waals surface area contributed by atoms with Crippen LogP contribution in [-0.4, -0.2) is 11.7 Å². The van der Waals surface area contributed by atoms with Crippen LogP contribution in [0.25, 0.3) is 33.0 Å². The predicted octanol–water partition coefficient (Wildman–Crippen LogP) is 9.31. The zero-order valence-electron chi connectivity index (χ0n) is 24.3. The second-order valence-electron chi connectivity index (χ2n) is 11.8. The highest BCUT2D eigenvalue weighted by molar-refractivity contribution is 6.13. The van der Waals surface area contributed by atoms with E-state index in [0.717, 1.165) is 28.4 Å². The van der Waals surface area contributed by atoms with Gasteiger partial charge in [0.05, 0.1) is 0 Å². The summed E-state index contributed by atoms with van der Waals surface area (Å²) in [6, 6.07) is 49.4. The van der Waals surface area contributed by atoms with Gasteiger partial charge < -0.3 is 5.32 Å². The molecule has 0 saturated carbocycles. The zero-order chi connectivity index (χ0) is 29.0. The van der Waals surface area contributed by atoms with E-state index < -0.39 is 0 Å². The summed E-state index contributed by atoms with van der Waals surface area (Å²) < 4.78 is 0. The molecule has 1 atom stereocenters. The van der Waals surface area contributed by atoms with Crippen LogP contribution in [0.4, 0.5) is 0 Å². The molecule has 1 N–H and O–H groups in total. The van der Waals surface area contributed by atoms with Crippen LogP contribution in [0.1, 0.15) is 47.8 Å². The van der Waals surface area contributed by atoms with Gasteiger partial charge in [-0.2, -0.15) is 0 Å². The molecule has 43 heavy (non-hydrogen) atoms. The molecule has 0 amide bonds. The van der Waals surface area contributed by atoms with Crippen LogP contribution in [-0.2, 0) is 5.41 Å². The van der Waals surface area contributed by atoms with Crippen LogP contribution in [0.3, 0.4) is 0 Å². The average molecular weight is 554 g/mol. The van der Waals surface area contributed by atoms with Crippen molar-refractivity contribution in [2.24, 2.45) is 9.98 Å². The molecule has 1 aliphatic carbocycles. The number of fused-ring (bicyclic) bond motifs is 4. The van der Waals surface area contributed by atoms with E-state index in [0.29, 0.717) is 0 Å². The second kappa shape index (κ2) is 9.92. The van der Waals surface area contributed by atoms with Gasteiger partial charge in [0, 0.05) is 22.1 Å². The van der Waals surface area contributed by atoms with Crippen molar-refractivity contribution in [1.29, 1.82) is 0 Å². The Morgan fingerprint density at radius 2 is 1.21 bits per heavy atom. The molecule has 2 aliphatic rings. The van der Waals surface area contributed by atoms with Crippen molar-refractivity contribution in [3.05, 3.63) is 167 Å². The lowest BCUT2D eigenvalue weighted by Crippen LogP contribution is -2.33. The molecular weight excluding hydrogens is 522 g/mol. The number of nitrogens with zero attached hydrogens (tertiary/aromatic N) is 2. The third kappa shape index (κ3) is 4.11. The third-order valence-corrected chi connectivity index (χ3v) is 8.94. The Bertz CT molecular complexity index is 2070. The fourth-order valence-electron chi connectivity index (χ4n) is 6.82. The molecule has 0 radical (unpaired) electrons. The van der Waals surface area contributed by atoms with Gasteiger partial charge in [0.15, 0.2) is 5.84 Å². The standard InChI is InChI=1S/C40H31N3/c1-40(2)33-24-14-13-23-32(33)36-34(40)25-28-19-9-10-20-29(28)35(36)30-21-11-12-22-31(30)39-42-37(26-15-5-3-6-16-26)41-38(43-39)27-17-7-4-8-18-27/h3-25,39H,1-2H3,(H,41,42,43). The first-order valence-electron chi connectivity index (χ1n) is 14.9. The molecule has 0 saturated heterocycles. The Morgan fingerprint density at radius 3 is 2.00 bits per heavy atom. The molecule has 206 valence electrons. The normalized spacial score (nSPS) is 16.6. The van der Waals surface area contributed by atoms with Gasteiger partial charge >= 0.3 is 0 Å². The van der Waals surface area contributed by atoms with E-state index in [1.807, 2.05) is 24.3 Å². The number of aliphatic imine (C=N–C) groups is 2. The van der Waals surface area contributed by atoms with E-state index in [9.17, 15) is 0 Å². The molecule has 0 fully saturated rings. The van der Waals surface area contributed by atoms with Crippen molar-refractivity contribution < 1.29 is 0 Å². The Hall–Kier alpha value is -5.28. The van der Waals surface area contributed by atoms with Crippen molar-refractivity contribution in [3.8, 4) is 22.3 Å². The van der Waals surface area contributed by atoms with E-state index in [4.69, 9.17) is 9.98 Å². The summed E-state index contributed by atoms with van der Waals surface area (Å²) in [5.41, 5.74) is 10.9. The number of hydrogen-bond donors (Lipinski definition) is 1. The summed E-state index contributed by atoms with van der Waals surface area (Å²) in [5.74, 6) is 1.55. The number of benzene rings is 6. The SMILES string of the molecule is CC1(C)c2ccccc2-c2c1cc1ccccc1c2-c1ccccc1C1N=C(c2ccccc2)N=C(c2ccccc2)N1. The minimum absolute atomic E-state index is 0.103. The van der Waals surface area contributed by atoms with E-state index in [1.54, 1.807) is 0 Å². The monoisotopic (exact) mass is 553 g/mol. The molecular formula is C40H31N3. The molecule has 1 aliphatic heterocycles. The molecule has 3 nitrogen and oxygen atoms in total. The van der Waals surface area contributed by atoms with Gasteiger partial charge in [-0.15, -0.1) is 0 Å². The summed E-state index contributed by atoms with van der Waals surface area (Å²) in [5, 5.41) is 6.21. The van der Waals surface area contributed by atoms with Crippen molar-refractivity contribution >= 4 is 22.4 Å². The van der Waals surface area contributed by atoms with E-state index in [2.05, 4.69) is 134 Å². The van der Waals surface area contributed by atoms with Crippen LogP contribution >= 0.6 is 0 Å². The number of rotatable bonds is 4. The second-order valence-corrected chi connectivity index (χ2v) is 11.8. The topological polar surface area (TPSA) is 36.8 Å². The van der Waals surface area contributed by atoms with Gasteiger partial charge in [-0.25, -0.2) is 9.98 Å². The van der Waals surface area contributed by atoms with E-state index >= 15 is 0 Å². The van der Waals surface area contributed by atoms with Gasteiger partial charge in [-0.1, -0.05) is 147 Å². The summed E-state index contributed by atoms with van der Waals surface area (Å²) in [7, 11) is 0. The Labute approximate surface area is 252 Å². The van der Waals surface area contributed by atoms with Gasteiger partial charge in [-0.05, 0) is 50.2 Å². The summed E-state index contributed by atoms with van der Waals surface area (Å²) in [6.45, 7) is 4.70. The average Bonchev–Trinajstić information content (AvgIpc) is 3.30. The number of amidine groups is 2. The van der Waals surface area contributed by atoms with E-state index in [1.165, 1.54) is 44.2 Å². The van der Waals surface area contributed by atoms with Crippen molar-refractivity contribution in [3.63, 3.8) is 0 Å². The van der Waals surface area contributed by atoms with E-state index in [-0.39, 0.29) is 11.6 Å². The smallest absolute Gasteiger partial charge is 0.159 e. The highest BCUT2D eigenvalue weighted by Gasteiger charge is 2.38. The summed E-state index contributed by atoms with van der Waals surface area (Å²) in [6.07, 6.45) is -0.321. The van der Waals surface area contributed by atoms with Crippen LogP contribution in [0.5, 0.6) is 0 Å². The molecule has 1 unspecified atom stereocenters. The highest BCUT2D eigenvalue weighted by atomic mass is 15.2. The summed E-state index contributed by atoms with van der Waals surface area (Å²) >= 11 is 0. The van der Waals surface area contributed by atoms with Crippen molar-refractivity contribution in [1.82, 2.24) is 5.32 Å². The minimum Gasteiger partial charge on any atom is -0.344 e. The highest BCUT2D eigenvalue weighted by Crippen LogP contribution is 2.54. The molecule has 0 bridgehead atoms. The molecule has 1 heterocycles. The maximum absolute atomic E-state index is 5.25. The lowest BCUT2D eigenvalue weighted by atomic mass is 9.80. The largest absolute Gasteiger partial charge is 0.344 e. The first-order valence-corrected chi connectivity index (χ1v) is 14.9. The van der Waals surface area contributed by atoms with Crippen molar-refractivity contribution in [2.75, 3.05) is 0 Å². The zero-order valence-corrected chi connectivity index (χ0v) is 24.3. The Kier molecular flexibility index (Phi) is 5.87. The van der Waals surface area contributed by atoms with Crippen LogP contribution in [0.15, 0.2) is 150 Å². The minimum atomic E-state index is -0.321. The van der Waals surface area contributed by atoms with Gasteiger partial charge in [0.2, 0.25) is 0 Å². The summed E-state index contributed by atoms with van der Waals surface area (Å²) in [4.78, 5) is 10.3.